The fourth-order valence-electron chi connectivity index (χ4n) is 1.78. The van der Waals surface area contributed by atoms with Crippen molar-refractivity contribution in [3.8, 4) is 11.3 Å². The Bertz CT molecular complexity index is 433. The Morgan fingerprint density at radius 3 is 2.27 bits per heavy atom. The maximum absolute atomic E-state index is 5.46. The molecule has 1 aromatic carbocycles. The fourth-order valence-corrected chi connectivity index (χ4v) is 1.78. The highest BCUT2D eigenvalue weighted by molar-refractivity contribution is 5.63. The quantitative estimate of drug-likeness (QED) is 0.671. The summed E-state index contributed by atoms with van der Waals surface area (Å²) in [6.45, 7) is 6.65. The molecular weight excluding hydrogens is 184 g/mol. The highest BCUT2D eigenvalue weighted by Gasteiger charge is 2.18. The second-order valence-corrected chi connectivity index (χ2v) is 4.77. The lowest BCUT2D eigenvalue weighted by molar-refractivity contribution is 0.566. The van der Waals surface area contributed by atoms with Crippen LogP contribution in [0, 0.1) is 0 Å². The Labute approximate surface area is 90.7 Å². The van der Waals surface area contributed by atoms with Crippen molar-refractivity contribution in [2.45, 2.75) is 26.2 Å². The smallest absolute Gasteiger partial charge is 0.134 e. The average Bonchev–Trinajstić information content (AvgIpc) is 2.69. The van der Waals surface area contributed by atoms with Crippen LogP contribution in [0.5, 0.6) is 0 Å². The Morgan fingerprint density at radius 1 is 0.933 bits per heavy atom. The van der Waals surface area contributed by atoms with Crippen LogP contribution < -0.4 is 0 Å². The second-order valence-electron chi connectivity index (χ2n) is 4.77. The van der Waals surface area contributed by atoms with Gasteiger partial charge in [-0.05, 0) is 23.1 Å². The summed E-state index contributed by atoms with van der Waals surface area (Å²) in [5.74, 6) is 0.945. The lowest BCUT2D eigenvalue weighted by atomic mass is 9.83. The van der Waals surface area contributed by atoms with Crippen LogP contribution in [-0.4, -0.2) is 0 Å². The first-order valence-corrected chi connectivity index (χ1v) is 5.22. The lowest BCUT2D eigenvalue weighted by Gasteiger charge is -2.21. The third kappa shape index (κ3) is 1.96. The minimum absolute atomic E-state index is 0.142. The Hall–Kier alpha value is -1.50. The summed E-state index contributed by atoms with van der Waals surface area (Å²) in [6.07, 6.45) is 1.72. The largest absolute Gasteiger partial charge is 0.464 e. The molecule has 0 aliphatic carbocycles. The summed E-state index contributed by atoms with van der Waals surface area (Å²) in [6, 6.07) is 12.3. The van der Waals surface area contributed by atoms with Gasteiger partial charge in [0.25, 0.3) is 0 Å². The molecule has 0 amide bonds. The minimum Gasteiger partial charge on any atom is -0.464 e. The molecule has 0 fully saturated rings. The van der Waals surface area contributed by atoms with E-state index in [9.17, 15) is 0 Å². The van der Waals surface area contributed by atoms with Crippen LogP contribution in [0.4, 0.5) is 0 Å². The zero-order valence-electron chi connectivity index (χ0n) is 9.45. The molecule has 0 N–H and O–H groups in total. The molecule has 0 saturated heterocycles. The molecule has 2 aromatic rings. The third-order valence-corrected chi connectivity index (χ3v) is 2.52. The molecule has 0 saturated carbocycles. The molecule has 1 aromatic heterocycles. The third-order valence-electron chi connectivity index (χ3n) is 2.52. The van der Waals surface area contributed by atoms with Crippen molar-refractivity contribution in [3.63, 3.8) is 0 Å². The summed E-state index contributed by atoms with van der Waals surface area (Å²) in [5.41, 5.74) is 2.65. The van der Waals surface area contributed by atoms with E-state index >= 15 is 0 Å². The summed E-state index contributed by atoms with van der Waals surface area (Å²) in [4.78, 5) is 0. The van der Waals surface area contributed by atoms with Gasteiger partial charge in [0.05, 0.1) is 6.26 Å². The summed E-state index contributed by atoms with van der Waals surface area (Å²) in [5, 5.41) is 0. The first kappa shape index (κ1) is 10.0. The molecule has 78 valence electrons. The number of benzene rings is 1. The van der Waals surface area contributed by atoms with Gasteiger partial charge in [-0.1, -0.05) is 45.0 Å². The molecule has 0 aliphatic rings. The van der Waals surface area contributed by atoms with Gasteiger partial charge < -0.3 is 4.42 Å². The predicted molar refractivity (Wildman–Crippen MR) is 62.8 cm³/mol. The Kier molecular flexibility index (Phi) is 2.39. The van der Waals surface area contributed by atoms with E-state index in [1.807, 2.05) is 18.2 Å². The summed E-state index contributed by atoms with van der Waals surface area (Å²) in [7, 11) is 0. The van der Waals surface area contributed by atoms with Gasteiger partial charge in [0, 0.05) is 5.56 Å². The zero-order chi connectivity index (χ0) is 10.9. The molecule has 0 unspecified atom stereocenters. The Balaban J connectivity index is 2.58. The van der Waals surface area contributed by atoms with Crippen LogP contribution in [0.3, 0.4) is 0 Å². The monoisotopic (exact) mass is 200 g/mol. The molecule has 15 heavy (non-hydrogen) atoms. The van der Waals surface area contributed by atoms with E-state index in [1.54, 1.807) is 6.26 Å². The van der Waals surface area contributed by atoms with Crippen molar-refractivity contribution < 1.29 is 4.42 Å². The SMILES string of the molecule is CC(C)(C)c1ccccc1-c1ccco1. The van der Waals surface area contributed by atoms with Crippen LogP contribution in [0.1, 0.15) is 26.3 Å². The molecular formula is C14H16O. The zero-order valence-corrected chi connectivity index (χ0v) is 9.45. The van der Waals surface area contributed by atoms with E-state index in [4.69, 9.17) is 4.42 Å². The molecule has 0 aliphatic heterocycles. The Morgan fingerprint density at radius 2 is 1.67 bits per heavy atom. The minimum atomic E-state index is 0.142. The second kappa shape index (κ2) is 3.58. The van der Waals surface area contributed by atoms with Gasteiger partial charge in [0.2, 0.25) is 0 Å². The van der Waals surface area contributed by atoms with Gasteiger partial charge >= 0.3 is 0 Å². The van der Waals surface area contributed by atoms with Gasteiger partial charge in [0.1, 0.15) is 5.76 Å². The molecule has 1 heterocycles. The van der Waals surface area contributed by atoms with E-state index < -0.39 is 0 Å². The van der Waals surface area contributed by atoms with Crippen molar-refractivity contribution >= 4 is 0 Å². The van der Waals surface area contributed by atoms with Gasteiger partial charge in [0.15, 0.2) is 0 Å². The van der Waals surface area contributed by atoms with Crippen LogP contribution in [-0.2, 0) is 5.41 Å². The van der Waals surface area contributed by atoms with E-state index in [2.05, 4.69) is 39.0 Å². The van der Waals surface area contributed by atoms with E-state index in [-0.39, 0.29) is 5.41 Å². The summed E-state index contributed by atoms with van der Waals surface area (Å²) >= 11 is 0. The van der Waals surface area contributed by atoms with Gasteiger partial charge in [-0.15, -0.1) is 0 Å². The molecule has 0 bridgehead atoms. The van der Waals surface area contributed by atoms with Crippen molar-refractivity contribution in [2.24, 2.45) is 0 Å². The van der Waals surface area contributed by atoms with E-state index in [0.717, 1.165) is 5.76 Å². The van der Waals surface area contributed by atoms with Gasteiger partial charge in [-0.25, -0.2) is 0 Å². The van der Waals surface area contributed by atoms with Gasteiger partial charge in [-0.2, -0.15) is 0 Å². The van der Waals surface area contributed by atoms with Crippen molar-refractivity contribution in [1.82, 2.24) is 0 Å². The first-order valence-electron chi connectivity index (χ1n) is 5.22. The fraction of sp³-hybridized carbons (Fsp3) is 0.286. The number of hydrogen-bond donors (Lipinski definition) is 0. The van der Waals surface area contributed by atoms with Crippen LogP contribution in [0.15, 0.2) is 47.1 Å². The molecule has 1 heteroatoms. The molecule has 0 spiro atoms. The lowest BCUT2D eigenvalue weighted by Crippen LogP contribution is -2.12. The highest BCUT2D eigenvalue weighted by Crippen LogP contribution is 2.32. The normalized spacial score (nSPS) is 11.7. The molecule has 1 nitrogen and oxygen atoms in total. The number of furan rings is 1. The number of rotatable bonds is 1. The van der Waals surface area contributed by atoms with Crippen LogP contribution >= 0.6 is 0 Å². The van der Waals surface area contributed by atoms with Crippen molar-refractivity contribution in [3.05, 3.63) is 48.2 Å². The standard InChI is InChI=1S/C14H16O/c1-14(2,3)12-8-5-4-7-11(12)13-9-6-10-15-13/h4-10H,1-3H3. The number of hydrogen-bond acceptors (Lipinski definition) is 1. The molecule has 0 atom stereocenters. The van der Waals surface area contributed by atoms with Crippen LogP contribution in [0.2, 0.25) is 0 Å². The maximum atomic E-state index is 5.46. The first-order chi connectivity index (χ1) is 7.09. The average molecular weight is 200 g/mol. The van der Waals surface area contributed by atoms with E-state index in [1.165, 1.54) is 11.1 Å². The topological polar surface area (TPSA) is 13.1 Å². The molecule has 2 rings (SSSR count). The van der Waals surface area contributed by atoms with Gasteiger partial charge in [-0.3, -0.25) is 0 Å². The van der Waals surface area contributed by atoms with Crippen molar-refractivity contribution in [2.75, 3.05) is 0 Å². The van der Waals surface area contributed by atoms with Crippen molar-refractivity contribution in [1.29, 1.82) is 0 Å². The predicted octanol–water partition coefficient (Wildman–Crippen LogP) is 4.24. The van der Waals surface area contributed by atoms with Crippen LogP contribution in [0.25, 0.3) is 11.3 Å². The highest BCUT2D eigenvalue weighted by atomic mass is 16.3. The summed E-state index contributed by atoms with van der Waals surface area (Å²) < 4.78 is 5.46. The maximum Gasteiger partial charge on any atom is 0.134 e. The molecule has 0 radical (unpaired) electrons. The van der Waals surface area contributed by atoms with E-state index in [0.29, 0.717) is 0 Å².